The summed E-state index contributed by atoms with van der Waals surface area (Å²) in [5, 5.41) is 3.15. The molecule has 5 heteroatoms. The number of aromatic nitrogens is 1. The number of aryl methyl sites for hydroxylation is 1. The number of fused-ring (bicyclic) bond motifs is 1. The number of nitrogens with zero attached hydrogens (tertiary/aromatic N) is 2. The van der Waals surface area contributed by atoms with Crippen LogP contribution in [0.15, 0.2) is 59.1 Å². The number of amides is 1. The maximum atomic E-state index is 12.6. The molecule has 2 aromatic heterocycles. The fraction of sp³-hybridized carbons (Fsp3) is 0.423. The van der Waals surface area contributed by atoms with Gasteiger partial charge in [0.05, 0.1) is 12.6 Å². The van der Waals surface area contributed by atoms with Crippen molar-refractivity contribution < 1.29 is 9.21 Å². The number of rotatable bonds is 5. The van der Waals surface area contributed by atoms with Gasteiger partial charge in [-0.15, -0.1) is 0 Å². The molecule has 5 rings (SSSR count). The van der Waals surface area contributed by atoms with Crippen LogP contribution in [0.1, 0.15) is 71.3 Å². The second-order valence-electron chi connectivity index (χ2n) is 8.98. The summed E-state index contributed by atoms with van der Waals surface area (Å²) >= 11 is 0. The summed E-state index contributed by atoms with van der Waals surface area (Å²) in [5.41, 5.74) is 3.85. The standard InChI is InChI=1S/C26H31N3O2/c1-19-9-11-20(12-10-19)25-23-8-5-15-28(23)16-17-29(25)18-22-13-14-24(31-22)26(30)27-21-6-3-2-4-7-21/h5,8-15,21,25H,2-4,6-7,16-18H2,1H3,(H,27,30). The van der Waals surface area contributed by atoms with E-state index >= 15 is 0 Å². The number of nitrogens with one attached hydrogen (secondary N) is 1. The van der Waals surface area contributed by atoms with Gasteiger partial charge in [0.15, 0.2) is 5.76 Å². The van der Waals surface area contributed by atoms with Crippen molar-refractivity contribution in [1.29, 1.82) is 0 Å². The van der Waals surface area contributed by atoms with Crippen molar-refractivity contribution in [2.24, 2.45) is 0 Å². The molecule has 162 valence electrons. The van der Waals surface area contributed by atoms with E-state index in [0.29, 0.717) is 12.3 Å². The highest BCUT2D eigenvalue weighted by molar-refractivity contribution is 5.91. The van der Waals surface area contributed by atoms with E-state index in [1.165, 1.54) is 36.1 Å². The lowest BCUT2D eigenvalue weighted by atomic mass is 9.95. The average molecular weight is 418 g/mol. The van der Waals surface area contributed by atoms with Crippen LogP contribution in [0.2, 0.25) is 0 Å². The predicted molar refractivity (Wildman–Crippen MR) is 121 cm³/mol. The number of benzene rings is 1. The normalized spacial score (nSPS) is 19.8. The highest BCUT2D eigenvalue weighted by Gasteiger charge is 2.29. The molecule has 0 saturated heterocycles. The van der Waals surface area contributed by atoms with Crippen LogP contribution < -0.4 is 5.32 Å². The third kappa shape index (κ3) is 4.33. The summed E-state index contributed by atoms with van der Waals surface area (Å²) in [4.78, 5) is 15.1. The van der Waals surface area contributed by atoms with Crippen LogP contribution in [-0.2, 0) is 13.1 Å². The maximum absolute atomic E-state index is 12.6. The van der Waals surface area contributed by atoms with Crippen LogP contribution in [0, 0.1) is 6.92 Å². The molecule has 1 atom stereocenters. The van der Waals surface area contributed by atoms with Gasteiger partial charge in [-0.1, -0.05) is 49.1 Å². The van der Waals surface area contributed by atoms with E-state index in [0.717, 1.165) is 31.7 Å². The van der Waals surface area contributed by atoms with Crippen molar-refractivity contribution in [2.75, 3.05) is 6.54 Å². The SMILES string of the molecule is Cc1ccc(C2c3cccn3CCN2Cc2ccc(C(=O)NC3CCCCC3)o2)cc1. The third-order valence-corrected chi connectivity index (χ3v) is 6.72. The van der Waals surface area contributed by atoms with Gasteiger partial charge in [0.1, 0.15) is 5.76 Å². The Morgan fingerprint density at radius 3 is 2.65 bits per heavy atom. The average Bonchev–Trinajstić information content (AvgIpc) is 3.45. The molecule has 3 heterocycles. The van der Waals surface area contributed by atoms with Crippen molar-refractivity contribution in [3.8, 4) is 0 Å². The van der Waals surface area contributed by atoms with E-state index in [1.807, 2.05) is 12.1 Å². The zero-order valence-corrected chi connectivity index (χ0v) is 18.2. The Morgan fingerprint density at radius 1 is 1.03 bits per heavy atom. The van der Waals surface area contributed by atoms with Crippen molar-refractivity contribution >= 4 is 5.91 Å². The van der Waals surface area contributed by atoms with Gasteiger partial charge in [-0.3, -0.25) is 9.69 Å². The first kappa shape index (κ1) is 20.1. The van der Waals surface area contributed by atoms with Gasteiger partial charge in [0.25, 0.3) is 5.91 Å². The molecule has 1 aliphatic carbocycles. The second kappa shape index (κ2) is 8.75. The molecule has 1 aromatic carbocycles. The Morgan fingerprint density at radius 2 is 1.84 bits per heavy atom. The smallest absolute Gasteiger partial charge is 0.287 e. The van der Waals surface area contributed by atoms with E-state index in [1.54, 1.807) is 0 Å². The first-order valence-corrected chi connectivity index (χ1v) is 11.5. The second-order valence-corrected chi connectivity index (χ2v) is 8.98. The van der Waals surface area contributed by atoms with Gasteiger partial charge < -0.3 is 14.3 Å². The molecule has 1 amide bonds. The van der Waals surface area contributed by atoms with Gasteiger partial charge in [0.2, 0.25) is 0 Å². The minimum atomic E-state index is -0.0826. The highest BCUT2D eigenvalue weighted by atomic mass is 16.4. The lowest BCUT2D eigenvalue weighted by Gasteiger charge is -2.37. The number of carbonyl (C=O) groups is 1. The van der Waals surface area contributed by atoms with E-state index in [9.17, 15) is 4.79 Å². The van der Waals surface area contributed by atoms with Crippen LogP contribution in [0.4, 0.5) is 0 Å². The zero-order valence-electron chi connectivity index (χ0n) is 18.2. The van der Waals surface area contributed by atoms with Crippen molar-refractivity contribution in [3.05, 3.63) is 83.1 Å². The molecule has 1 fully saturated rings. The first-order chi connectivity index (χ1) is 15.2. The van der Waals surface area contributed by atoms with Crippen LogP contribution >= 0.6 is 0 Å². The van der Waals surface area contributed by atoms with Crippen molar-refractivity contribution in [2.45, 2.75) is 64.2 Å². The van der Waals surface area contributed by atoms with Gasteiger partial charge in [-0.2, -0.15) is 0 Å². The summed E-state index contributed by atoms with van der Waals surface area (Å²) in [6, 6.07) is 17.4. The molecule has 1 saturated carbocycles. The number of furan rings is 1. The van der Waals surface area contributed by atoms with Gasteiger partial charge >= 0.3 is 0 Å². The van der Waals surface area contributed by atoms with Crippen LogP contribution in [0.5, 0.6) is 0 Å². The zero-order chi connectivity index (χ0) is 21.2. The molecule has 0 spiro atoms. The summed E-state index contributed by atoms with van der Waals surface area (Å²) in [6.45, 7) is 4.69. The highest BCUT2D eigenvalue weighted by Crippen LogP contribution is 2.34. The number of carbonyl (C=O) groups excluding carboxylic acids is 1. The fourth-order valence-electron chi connectivity index (χ4n) is 5.02. The molecule has 1 N–H and O–H groups in total. The van der Waals surface area contributed by atoms with E-state index in [2.05, 4.69) is 64.3 Å². The van der Waals surface area contributed by atoms with Crippen LogP contribution in [-0.4, -0.2) is 28.0 Å². The topological polar surface area (TPSA) is 50.4 Å². The number of hydrogen-bond donors (Lipinski definition) is 1. The number of hydrogen-bond acceptors (Lipinski definition) is 3. The first-order valence-electron chi connectivity index (χ1n) is 11.5. The van der Waals surface area contributed by atoms with Crippen LogP contribution in [0.25, 0.3) is 0 Å². The summed E-state index contributed by atoms with van der Waals surface area (Å²) in [7, 11) is 0. The molecule has 3 aromatic rings. The molecular formula is C26H31N3O2. The van der Waals surface area contributed by atoms with E-state index in [4.69, 9.17) is 4.42 Å². The monoisotopic (exact) mass is 417 g/mol. The van der Waals surface area contributed by atoms with Gasteiger partial charge in [-0.05, 0) is 49.6 Å². The quantitative estimate of drug-likeness (QED) is 0.631. The Labute approximate surface area is 184 Å². The van der Waals surface area contributed by atoms with Gasteiger partial charge in [-0.25, -0.2) is 0 Å². The lowest BCUT2D eigenvalue weighted by Crippen LogP contribution is -2.37. The molecule has 0 bridgehead atoms. The molecular weight excluding hydrogens is 386 g/mol. The molecule has 1 unspecified atom stereocenters. The summed E-state index contributed by atoms with van der Waals surface area (Å²) < 4.78 is 8.34. The molecule has 2 aliphatic rings. The Hall–Kier alpha value is -2.79. The Bertz CT molecular complexity index is 1030. The van der Waals surface area contributed by atoms with E-state index < -0.39 is 0 Å². The minimum Gasteiger partial charge on any atom is -0.455 e. The summed E-state index contributed by atoms with van der Waals surface area (Å²) in [5.74, 6) is 1.18. The lowest BCUT2D eigenvalue weighted by molar-refractivity contribution is 0.0893. The molecule has 0 radical (unpaired) electrons. The Balaban J connectivity index is 1.33. The van der Waals surface area contributed by atoms with Gasteiger partial charge in [0, 0.05) is 31.0 Å². The largest absolute Gasteiger partial charge is 0.455 e. The predicted octanol–water partition coefficient (Wildman–Crippen LogP) is 5.06. The van der Waals surface area contributed by atoms with Crippen molar-refractivity contribution in [3.63, 3.8) is 0 Å². The third-order valence-electron chi connectivity index (χ3n) is 6.72. The van der Waals surface area contributed by atoms with Crippen LogP contribution in [0.3, 0.4) is 0 Å². The summed E-state index contributed by atoms with van der Waals surface area (Å²) in [6.07, 6.45) is 7.99. The van der Waals surface area contributed by atoms with Crippen molar-refractivity contribution in [1.82, 2.24) is 14.8 Å². The Kier molecular flexibility index (Phi) is 5.68. The molecule has 5 nitrogen and oxygen atoms in total. The minimum absolute atomic E-state index is 0.0826. The van der Waals surface area contributed by atoms with E-state index in [-0.39, 0.29) is 18.0 Å². The molecule has 1 aliphatic heterocycles. The fourth-order valence-corrected chi connectivity index (χ4v) is 5.02. The molecule has 31 heavy (non-hydrogen) atoms. The maximum Gasteiger partial charge on any atom is 0.287 e.